The third-order valence-electron chi connectivity index (χ3n) is 4.75. The Labute approximate surface area is 140 Å². The van der Waals surface area contributed by atoms with Crippen LogP contribution in [0.3, 0.4) is 0 Å². The highest BCUT2D eigenvalue weighted by Crippen LogP contribution is 2.29. The Bertz CT molecular complexity index is 613. The molecule has 1 atom stereocenters. The minimum atomic E-state index is -4.33. The van der Waals surface area contributed by atoms with E-state index in [1.165, 1.54) is 0 Å². The topological polar surface area (TPSA) is 38.1 Å². The summed E-state index contributed by atoms with van der Waals surface area (Å²) >= 11 is 0. The first-order valence-electron chi connectivity index (χ1n) is 8.16. The summed E-state index contributed by atoms with van der Waals surface area (Å²) in [5.74, 6) is -0.107. The van der Waals surface area contributed by atoms with Gasteiger partial charge in [0.1, 0.15) is 6.54 Å². The first-order chi connectivity index (χ1) is 11.1. The number of hydrogen-bond acceptors (Lipinski definition) is 2. The second kappa shape index (κ2) is 6.99. The largest absolute Gasteiger partial charge is 0.408 e. The quantitative estimate of drug-likeness (QED) is 0.784. The van der Waals surface area contributed by atoms with Gasteiger partial charge in [-0.05, 0) is 39.5 Å². The number of aryl methyl sites for hydroxylation is 1. The number of halogens is 3. The first-order valence-corrected chi connectivity index (χ1v) is 8.16. The van der Waals surface area contributed by atoms with Gasteiger partial charge >= 0.3 is 6.18 Å². The molecular weight excluding hydrogens is 319 g/mol. The molecule has 0 N–H and O–H groups in total. The van der Waals surface area contributed by atoms with E-state index in [2.05, 4.69) is 11.7 Å². The van der Waals surface area contributed by atoms with Crippen LogP contribution < -0.4 is 0 Å². The lowest BCUT2D eigenvalue weighted by Gasteiger charge is -2.32. The minimum absolute atomic E-state index is 0.0460. The summed E-state index contributed by atoms with van der Waals surface area (Å²) in [6.07, 6.45) is -0.651. The molecule has 1 fully saturated rings. The van der Waals surface area contributed by atoms with Crippen LogP contribution in [0.4, 0.5) is 13.2 Å². The highest BCUT2D eigenvalue weighted by atomic mass is 19.4. The zero-order valence-electron chi connectivity index (χ0n) is 14.4. The van der Waals surface area contributed by atoms with Crippen LogP contribution in [0.2, 0.25) is 0 Å². The van der Waals surface area contributed by atoms with Crippen molar-refractivity contribution in [3.63, 3.8) is 0 Å². The van der Waals surface area contributed by atoms with Crippen molar-refractivity contribution in [2.24, 2.45) is 5.92 Å². The molecule has 2 heterocycles. The Balaban J connectivity index is 2.16. The Morgan fingerprint density at radius 3 is 2.46 bits per heavy atom. The van der Waals surface area contributed by atoms with Gasteiger partial charge in [-0.15, -0.1) is 6.58 Å². The lowest BCUT2D eigenvalue weighted by atomic mass is 9.93. The molecule has 24 heavy (non-hydrogen) atoms. The van der Waals surface area contributed by atoms with E-state index < -0.39 is 18.6 Å². The van der Waals surface area contributed by atoms with Crippen molar-refractivity contribution in [3.05, 3.63) is 29.6 Å². The summed E-state index contributed by atoms with van der Waals surface area (Å²) < 4.78 is 38.9. The van der Waals surface area contributed by atoms with Crippen LogP contribution >= 0.6 is 0 Å². The number of rotatable bonds is 4. The van der Waals surface area contributed by atoms with Crippen molar-refractivity contribution in [3.8, 4) is 0 Å². The standard InChI is InChI=1S/C17H24F3N3O/c1-5-14-6-8-22(9-7-14)16(24)11(2)15-12(3)21-23(13(15)4)10-17(18,19)20/h5,11,14H,1,6-10H2,2-4H3. The van der Waals surface area contributed by atoms with Gasteiger partial charge in [-0.2, -0.15) is 18.3 Å². The van der Waals surface area contributed by atoms with E-state index in [4.69, 9.17) is 0 Å². The van der Waals surface area contributed by atoms with Gasteiger partial charge in [-0.1, -0.05) is 6.08 Å². The van der Waals surface area contributed by atoms with E-state index in [0.29, 0.717) is 36.0 Å². The monoisotopic (exact) mass is 343 g/mol. The van der Waals surface area contributed by atoms with Crippen LogP contribution in [0.25, 0.3) is 0 Å². The number of nitrogens with zero attached hydrogens (tertiary/aromatic N) is 3. The summed E-state index contributed by atoms with van der Waals surface area (Å²) in [5.41, 5.74) is 1.50. The number of allylic oxidation sites excluding steroid dienone is 1. The highest BCUT2D eigenvalue weighted by molar-refractivity contribution is 5.84. The SMILES string of the molecule is C=CC1CCN(C(=O)C(C)c2c(C)nn(CC(F)(F)F)c2C)CC1. The van der Waals surface area contributed by atoms with Gasteiger partial charge in [0.25, 0.3) is 0 Å². The van der Waals surface area contributed by atoms with Crippen LogP contribution in [-0.4, -0.2) is 39.9 Å². The van der Waals surface area contributed by atoms with E-state index in [-0.39, 0.29) is 5.91 Å². The lowest BCUT2D eigenvalue weighted by molar-refractivity contribution is -0.143. The van der Waals surface area contributed by atoms with Crippen LogP contribution in [0.1, 0.15) is 42.6 Å². The summed E-state index contributed by atoms with van der Waals surface area (Å²) in [6.45, 7) is 8.97. The van der Waals surface area contributed by atoms with Gasteiger partial charge in [-0.25, -0.2) is 0 Å². The molecule has 7 heteroatoms. The fourth-order valence-electron chi connectivity index (χ4n) is 3.41. The number of carbonyl (C=O) groups excluding carboxylic acids is 1. The highest BCUT2D eigenvalue weighted by Gasteiger charge is 2.33. The third-order valence-corrected chi connectivity index (χ3v) is 4.75. The molecule has 1 unspecified atom stereocenters. The number of piperidine rings is 1. The summed E-state index contributed by atoms with van der Waals surface area (Å²) in [7, 11) is 0. The molecule has 1 aromatic rings. The molecule has 0 saturated carbocycles. The number of aromatic nitrogens is 2. The Morgan fingerprint density at radius 1 is 1.38 bits per heavy atom. The van der Waals surface area contributed by atoms with Gasteiger partial charge in [0, 0.05) is 24.3 Å². The van der Waals surface area contributed by atoms with Crippen molar-refractivity contribution in [1.29, 1.82) is 0 Å². The van der Waals surface area contributed by atoms with E-state index in [1.54, 1.807) is 25.7 Å². The first kappa shape index (κ1) is 18.5. The molecule has 0 spiro atoms. The van der Waals surface area contributed by atoms with Crippen molar-refractivity contribution in [2.45, 2.75) is 52.3 Å². The minimum Gasteiger partial charge on any atom is -0.342 e. The molecule has 0 bridgehead atoms. The fraction of sp³-hybridized carbons (Fsp3) is 0.647. The molecule has 0 aromatic carbocycles. The molecule has 1 amide bonds. The Morgan fingerprint density at radius 2 is 1.96 bits per heavy atom. The molecule has 2 rings (SSSR count). The average Bonchev–Trinajstić information content (AvgIpc) is 2.78. The van der Waals surface area contributed by atoms with E-state index >= 15 is 0 Å². The zero-order chi connectivity index (χ0) is 18.1. The van der Waals surface area contributed by atoms with Crippen molar-refractivity contribution in [2.75, 3.05) is 13.1 Å². The second-order valence-corrected chi connectivity index (χ2v) is 6.48. The lowest BCUT2D eigenvalue weighted by Crippen LogP contribution is -2.40. The number of likely N-dealkylation sites (tertiary alicyclic amines) is 1. The molecule has 4 nitrogen and oxygen atoms in total. The van der Waals surface area contributed by atoms with Gasteiger partial charge in [-0.3, -0.25) is 9.48 Å². The summed E-state index contributed by atoms with van der Waals surface area (Å²) in [4.78, 5) is 14.5. The molecule has 134 valence electrons. The van der Waals surface area contributed by atoms with Crippen LogP contribution in [0.15, 0.2) is 12.7 Å². The number of hydrogen-bond donors (Lipinski definition) is 0. The van der Waals surface area contributed by atoms with Crippen molar-refractivity contribution >= 4 is 5.91 Å². The normalized spacial score (nSPS) is 17.8. The Hall–Kier alpha value is -1.79. The molecule has 0 aliphatic carbocycles. The molecular formula is C17H24F3N3O. The maximum Gasteiger partial charge on any atom is 0.408 e. The molecule has 1 saturated heterocycles. The van der Waals surface area contributed by atoms with E-state index in [9.17, 15) is 18.0 Å². The number of amides is 1. The number of alkyl halides is 3. The van der Waals surface area contributed by atoms with Gasteiger partial charge < -0.3 is 4.90 Å². The third kappa shape index (κ3) is 3.99. The van der Waals surface area contributed by atoms with Gasteiger partial charge in [0.15, 0.2) is 0 Å². The van der Waals surface area contributed by atoms with E-state index in [0.717, 1.165) is 17.5 Å². The van der Waals surface area contributed by atoms with Gasteiger partial charge in [0.05, 0.1) is 11.6 Å². The van der Waals surface area contributed by atoms with Crippen molar-refractivity contribution < 1.29 is 18.0 Å². The fourth-order valence-corrected chi connectivity index (χ4v) is 3.41. The van der Waals surface area contributed by atoms with E-state index in [1.807, 2.05) is 6.08 Å². The maximum absolute atomic E-state index is 12.7. The van der Waals surface area contributed by atoms with Crippen LogP contribution in [0.5, 0.6) is 0 Å². The predicted molar refractivity (Wildman–Crippen MR) is 85.7 cm³/mol. The molecule has 1 aliphatic rings. The molecule has 0 radical (unpaired) electrons. The van der Waals surface area contributed by atoms with Crippen LogP contribution in [0, 0.1) is 19.8 Å². The zero-order valence-corrected chi connectivity index (χ0v) is 14.4. The summed E-state index contributed by atoms with van der Waals surface area (Å²) in [6, 6.07) is 0. The Kier molecular flexibility index (Phi) is 5.40. The average molecular weight is 343 g/mol. The van der Waals surface area contributed by atoms with Crippen LogP contribution in [-0.2, 0) is 11.3 Å². The molecule has 1 aromatic heterocycles. The maximum atomic E-state index is 12.7. The van der Waals surface area contributed by atoms with Crippen molar-refractivity contribution in [1.82, 2.24) is 14.7 Å². The number of carbonyl (C=O) groups is 1. The smallest absolute Gasteiger partial charge is 0.342 e. The second-order valence-electron chi connectivity index (χ2n) is 6.48. The summed E-state index contributed by atoms with van der Waals surface area (Å²) in [5, 5.41) is 3.98. The van der Waals surface area contributed by atoms with Gasteiger partial charge in [0.2, 0.25) is 5.91 Å². The molecule has 1 aliphatic heterocycles. The predicted octanol–water partition coefficient (Wildman–Crippen LogP) is 3.59.